The van der Waals surface area contributed by atoms with Crippen LogP contribution < -0.4 is 10.6 Å². The average molecular weight is 323 g/mol. The highest BCUT2D eigenvalue weighted by atomic mass is 35.5. The van der Waals surface area contributed by atoms with Crippen molar-refractivity contribution in [3.63, 3.8) is 0 Å². The number of aromatic carboxylic acids is 1. The lowest BCUT2D eigenvalue weighted by molar-refractivity contribution is 0.0697. The van der Waals surface area contributed by atoms with E-state index in [1.165, 1.54) is 24.3 Å². The highest BCUT2D eigenvalue weighted by molar-refractivity contribution is 6.30. The molecule has 0 radical (unpaired) electrons. The summed E-state index contributed by atoms with van der Waals surface area (Å²) >= 11 is 5.62. The molecule has 7 heteroatoms. The van der Waals surface area contributed by atoms with Gasteiger partial charge in [-0.15, -0.1) is 0 Å². The third kappa shape index (κ3) is 4.20. The number of hydrogen-bond donors (Lipinski definition) is 3. The number of carbonyl (C=O) groups excluding carboxylic acids is 1. The first-order valence-corrected chi connectivity index (χ1v) is 6.65. The Morgan fingerprint density at radius 1 is 1.14 bits per heavy atom. The second-order valence-electron chi connectivity index (χ2n) is 4.43. The highest BCUT2D eigenvalue weighted by Gasteiger charge is 2.07. The maximum absolute atomic E-state index is 13.5. The van der Waals surface area contributed by atoms with Crippen LogP contribution in [0.2, 0.25) is 5.02 Å². The van der Waals surface area contributed by atoms with Crippen LogP contribution in [0.1, 0.15) is 15.9 Å². The first-order valence-electron chi connectivity index (χ1n) is 6.28. The molecule has 0 fully saturated rings. The second-order valence-corrected chi connectivity index (χ2v) is 4.87. The van der Waals surface area contributed by atoms with E-state index in [0.717, 1.165) is 11.6 Å². The first-order chi connectivity index (χ1) is 10.5. The molecule has 5 nitrogen and oxygen atoms in total. The lowest BCUT2D eigenvalue weighted by atomic mass is 10.1. The maximum atomic E-state index is 13.5. The third-order valence-corrected chi connectivity index (χ3v) is 3.07. The smallest absolute Gasteiger partial charge is 0.335 e. The number of rotatable bonds is 4. The number of benzene rings is 2. The molecule has 22 heavy (non-hydrogen) atoms. The Morgan fingerprint density at radius 2 is 1.82 bits per heavy atom. The van der Waals surface area contributed by atoms with Crippen LogP contribution in [0, 0.1) is 5.82 Å². The lowest BCUT2D eigenvalue weighted by Crippen LogP contribution is -2.28. The van der Waals surface area contributed by atoms with Gasteiger partial charge in [-0.25, -0.2) is 14.0 Å². The monoisotopic (exact) mass is 322 g/mol. The average Bonchev–Trinajstić information content (AvgIpc) is 2.48. The van der Waals surface area contributed by atoms with Gasteiger partial charge in [-0.2, -0.15) is 0 Å². The van der Waals surface area contributed by atoms with E-state index in [0.29, 0.717) is 0 Å². The summed E-state index contributed by atoms with van der Waals surface area (Å²) < 4.78 is 13.5. The summed E-state index contributed by atoms with van der Waals surface area (Å²) in [6.07, 6.45) is 0. The highest BCUT2D eigenvalue weighted by Crippen LogP contribution is 2.18. The molecule has 2 rings (SSSR count). The molecule has 0 saturated carbocycles. The number of anilines is 1. The zero-order valence-corrected chi connectivity index (χ0v) is 12.0. The van der Waals surface area contributed by atoms with Crippen molar-refractivity contribution in [1.29, 1.82) is 0 Å². The van der Waals surface area contributed by atoms with Crippen LogP contribution in [0.3, 0.4) is 0 Å². The molecule has 0 saturated heterocycles. The van der Waals surface area contributed by atoms with Crippen LogP contribution >= 0.6 is 11.6 Å². The fourth-order valence-corrected chi connectivity index (χ4v) is 1.86. The summed E-state index contributed by atoms with van der Waals surface area (Å²) in [4.78, 5) is 22.4. The Labute approximate surface area is 130 Å². The molecular weight excluding hydrogens is 311 g/mol. The standard InChI is InChI=1S/C15H12ClFN2O3/c16-11-5-6-13(12(17)7-11)19-15(22)18-8-9-1-3-10(4-2-9)14(20)21/h1-7H,8H2,(H,20,21)(H2,18,19,22). The van der Waals surface area contributed by atoms with Crippen LogP contribution in [0.4, 0.5) is 14.9 Å². The minimum absolute atomic E-state index is 0.0168. The van der Waals surface area contributed by atoms with E-state index < -0.39 is 17.8 Å². The van der Waals surface area contributed by atoms with E-state index in [1.807, 2.05) is 0 Å². The van der Waals surface area contributed by atoms with Gasteiger partial charge >= 0.3 is 12.0 Å². The SMILES string of the molecule is O=C(NCc1ccc(C(=O)O)cc1)Nc1ccc(Cl)cc1F. The van der Waals surface area contributed by atoms with Gasteiger partial charge in [0.05, 0.1) is 11.3 Å². The quantitative estimate of drug-likeness (QED) is 0.806. The van der Waals surface area contributed by atoms with Gasteiger partial charge < -0.3 is 15.7 Å². The molecule has 0 bridgehead atoms. The van der Waals surface area contributed by atoms with Gasteiger partial charge in [-0.05, 0) is 35.9 Å². The van der Waals surface area contributed by atoms with Crippen molar-refractivity contribution in [3.8, 4) is 0 Å². The molecule has 2 aromatic rings. The van der Waals surface area contributed by atoms with Crippen molar-refractivity contribution >= 4 is 29.3 Å². The van der Waals surface area contributed by atoms with Crippen molar-refractivity contribution in [1.82, 2.24) is 5.32 Å². The van der Waals surface area contributed by atoms with Crippen LogP contribution in [-0.4, -0.2) is 17.1 Å². The molecule has 0 aliphatic carbocycles. The summed E-state index contributed by atoms with van der Waals surface area (Å²) in [6.45, 7) is 0.181. The number of carbonyl (C=O) groups is 2. The molecular formula is C15H12ClFN2O3. The number of carboxylic acid groups (broad SMARTS) is 1. The fraction of sp³-hybridized carbons (Fsp3) is 0.0667. The summed E-state index contributed by atoms with van der Waals surface area (Å²) in [5.74, 6) is -1.65. The normalized spacial score (nSPS) is 10.1. The predicted molar refractivity (Wildman–Crippen MR) is 80.7 cm³/mol. The van der Waals surface area contributed by atoms with Crippen LogP contribution in [0.5, 0.6) is 0 Å². The molecule has 0 atom stereocenters. The zero-order valence-electron chi connectivity index (χ0n) is 11.3. The van der Waals surface area contributed by atoms with E-state index >= 15 is 0 Å². The summed E-state index contributed by atoms with van der Waals surface area (Å²) in [5, 5.41) is 13.9. The predicted octanol–water partition coefficient (Wildman–Crippen LogP) is 3.50. The largest absolute Gasteiger partial charge is 0.478 e. The fourth-order valence-electron chi connectivity index (χ4n) is 1.70. The van der Waals surface area contributed by atoms with E-state index in [4.69, 9.17) is 16.7 Å². The Bertz CT molecular complexity index is 704. The topological polar surface area (TPSA) is 78.4 Å². The summed E-state index contributed by atoms with van der Waals surface area (Å²) in [6, 6.07) is 9.40. The van der Waals surface area contributed by atoms with Crippen molar-refractivity contribution in [3.05, 3.63) is 64.4 Å². The van der Waals surface area contributed by atoms with E-state index in [1.54, 1.807) is 12.1 Å². The number of hydrogen-bond acceptors (Lipinski definition) is 2. The molecule has 0 unspecified atom stereocenters. The van der Waals surface area contributed by atoms with Gasteiger partial charge in [-0.3, -0.25) is 0 Å². The molecule has 0 aliphatic heterocycles. The van der Waals surface area contributed by atoms with Crippen molar-refractivity contribution in [2.24, 2.45) is 0 Å². The Hall–Kier alpha value is -2.60. The maximum Gasteiger partial charge on any atom is 0.335 e. The number of nitrogens with one attached hydrogen (secondary N) is 2. The molecule has 0 heterocycles. The van der Waals surface area contributed by atoms with Gasteiger partial charge in [0.2, 0.25) is 0 Å². The third-order valence-electron chi connectivity index (χ3n) is 2.83. The van der Waals surface area contributed by atoms with Crippen molar-refractivity contribution < 1.29 is 19.1 Å². The molecule has 2 amide bonds. The number of halogens is 2. The lowest BCUT2D eigenvalue weighted by Gasteiger charge is -2.09. The molecule has 0 aliphatic rings. The summed E-state index contributed by atoms with van der Waals surface area (Å²) in [7, 11) is 0. The van der Waals surface area contributed by atoms with Crippen LogP contribution in [0.15, 0.2) is 42.5 Å². The van der Waals surface area contributed by atoms with E-state index in [9.17, 15) is 14.0 Å². The first kappa shape index (κ1) is 15.8. The number of carboxylic acids is 1. The number of amides is 2. The van der Waals surface area contributed by atoms with Gasteiger partial charge in [0, 0.05) is 11.6 Å². The van der Waals surface area contributed by atoms with Crippen LogP contribution in [0.25, 0.3) is 0 Å². The number of urea groups is 1. The van der Waals surface area contributed by atoms with Crippen molar-refractivity contribution in [2.45, 2.75) is 6.54 Å². The van der Waals surface area contributed by atoms with Gasteiger partial charge in [0.1, 0.15) is 5.82 Å². The van der Waals surface area contributed by atoms with Gasteiger partial charge in [-0.1, -0.05) is 23.7 Å². The Morgan fingerprint density at radius 3 is 2.41 bits per heavy atom. The molecule has 114 valence electrons. The van der Waals surface area contributed by atoms with E-state index in [2.05, 4.69) is 10.6 Å². The molecule has 0 aromatic heterocycles. The zero-order chi connectivity index (χ0) is 16.1. The Kier molecular flexibility index (Phi) is 4.95. The molecule has 2 aromatic carbocycles. The van der Waals surface area contributed by atoms with Crippen LogP contribution in [-0.2, 0) is 6.54 Å². The Balaban J connectivity index is 1.91. The molecule has 3 N–H and O–H groups in total. The minimum atomic E-state index is -1.02. The van der Waals surface area contributed by atoms with Gasteiger partial charge in [0.15, 0.2) is 0 Å². The van der Waals surface area contributed by atoms with E-state index in [-0.39, 0.29) is 22.8 Å². The van der Waals surface area contributed by atoms with Gasteiger partial charge in [0.25, 0.3) is 0 Å². The van der Waals surface area contributed by atoms with Crippen molar-refractivity contribution in [2.75, 3.05) is 5.32 Å². The summed E-state index contributed by atoms with van der Waals surface area (Å²) in [5.41, 5.74) is 0.899. The minimum Gasteiger partial charge on any atom is -0.478 e. The second kappa shape index (κ2) is 6.91. The molecule has 0 spiro atoms.